The maximum Gasteiger partial charge on any atom is 0.239 e. The fourth-order valence-electron chi connectivity index (χ4n) is 0.640. The van der Waals surface area contributed by atoms with Crippen molar-refractivity contribution in [3.8, 4) is 0 Å². The topological polar surface area (TPSA) is 65.5 Å². The van der Waals surface area contributed by atoms with Gasteiger partial charge < -0.3 is 16.0 Å². The number of nitrogens with zero attached hydrogens (tertiary/aromatic N) is 1. The third-order valence-electron chi connectivity index (χ3n) is 1.26. The number of guanidine groups is 1. The zero-order valence-corrected chi connectivity index (χ0v) is 10.5. The lowest BCUT2D eigenvalue weighted by molar-refractivity contribution is -0.119. The minimum Gasteiger partial charge on any atom is -0.358 e. The lowest BCUT2D eigenvalue weighted by Gasteiger charge is -2.08. The second-order valence-electron chi connectivity index (χ2n) is 2.13. The minimum atomic E-state index is -0.0611. The third-order valence-corrected chi connectivity index (χ3v) is 1.26. The summed E-state index contributed by atoms with van der Waals surface area (Å²) in [5.74, 6) is 0.579. The van der Waals surface area contributed by atoms with Gasteiger partial charge in [-0.25, -0.2) is 0 Å². The quantitative estimate of drug-likeness (QED) is 0.375. The summed E-state index contributed by atoms with van der Waals surface area (Å²) in [7, 11) is 3.26. The average molecular weight is 300 g/mol. The molecule has 0 heterocycles. The highest BCUT2D eigenvalue weighted by Gasteiger charge is 1.98. The number of nitrogens with one attached hydrogen (secondary N) is 3. The van der Waals surface area contributed by atoms with Crippen molar-refractivity contribution in [2.24, 2.45) is 4.99 Å². The molecular formula is C7H17IN4O. The number of rotatable bonds is 3. The summed E-state index contributed by atoms with van der Waals surface area (Å²) < 4.78 is 0. The maximum absolute atomic E-state index is 10.8. The molecule has 13 heavy (non-hydrogen) atoms. The van der Waals surface area contributed by atoms with Crippen LogP contribution in [0.2, 0.25) is 0 Å². The van der Waals surface area contributed by atoms with Crippen molar-refractivity contribution in [2.75, 3.05) is 27.2 Å². The van der Waals surface area contributed by atoms with Gasteiger partial charge in [-0.2, -0.15) is 0 Å². The van der Waals surface area contributed by atoms with Gasteiger partial charge >= 0.3 is 0 Å². The molecular weight excluding hydrogens is 283 g/mol. The van der Waals surface area contributed by atoms with E-state index in [1.165, 1.54) is 0 Å². The zero-order valence-electron chi connectivity index (χ0n) is 8.18. The predicted molar refractivity (Wildman–Crippen MR) is 64.5 cm³/mol. The molecule has 6 heteroatoms. The molecule has 0 aliphatic heterocycles. The third kappa shape index (κ3) is 7.82. The van der Waals surface area contributed by atoms with Crippen molar-refractivity contribution >= 4 is 35.8 Å². The Balaban J connectivity index is 0. The van der Waals surface area contributed by atoms with Crippen LogP contribution < -0.4 is 16.0 Å². The van der Waals surface area contributed by atoms with E-state index in [9.17, 15) is 4.79 Å². The van der Waals surface area contributed by atoms with Crippen LogP contribution in [0.1, 0.15) is 6.92 Å². The van der Waals surface area contributed by atoms with Gasteiger partial charge in [0.15, 0.2) is 5.96 Å². The van der Waals surface area contributed by atoms with Gasteiger partial charge in [0.25, 0.3) is 0 Å². The van der Waals surface area contributed by atoms with Crippen molar-refractivity contribution in [2.45, 2.75) is 6.92 Å². The Labute approximate surface area is 95.8 Å². The molecule has 0 aliphatic rings. The number of halogens is 1. The summed E-state index contributed by atoms with van der Waals surface area (Å²) in [5, 5.41) is 8.32. The first-order valence-electron chi connectivity index (χ1n) is 3.89. The fourth-order valence-corrected chi connectivity index (χ4v) is 0.640. The summed E-state index contributed by atoms with van der Waals surface area (Å²) in [5.41, 5.74) is 0. The van der Waals surface area contributed by atoms with Crippen LogP contribution in [0.25, 0.3) is 0 Å². The number of amides is 1. The van der Waals surface area contributed by atoms with E-state index >= 15 is 0 Å². The van der Waals surface area contributed by atoms with Gasteiger partial charge in [0.05, 0.1) is 6.54 Å². The number of aliphatic imine (C=N–C) groups is 1. The van der Waals surface area contributed by atoms with Crippen molar-refractivity contribution in [1.29, 1.82) is 0 Å². The van der Waals surface area contributed by atoms with E-state index in [-0.39, 0.29) is 36.4 Å². The SMILES string of the molecule is CCNC(=NC)NCC(=O)NC.I. The Morgan fingerprint density at radius 3 is 2.38 bits per heavy atom. The number of hydrogen-bond acceptors (Lipinski definition) is 2. The Morgan fingerprint density at radius 1 is 1.38 bits per heavy atom. The van der Waals surface area contributed by atoms with Crippen LogP contribution in [-0.4, -0.2) is 39.1 Å². The van der Waals surface area contributed by atoms with E-state index in [0.29, 0.717) is 5.96 Å². The molecule has 0 spiro atoms. The maximum atomic E-state index is 10.8. The highest BCUT2D eigenvalue weighted by Crippen LogP contribution is 1.67. The minimum absolute atomic E-state index is 0. The number of carbonyl (C=O) groups is 1. The van der Waals surface area contributed by atoms with E-state index in [2.05, 4.69) is 20.9 Å². The van der Waals surface area contributed by atoms with Gasteiger partial charge in [-0.1, -0.05) is 0 Å². The first kappa shape index (κ1) is 15.0. The standard InChI is InChI=1S/C7H16N4O.HI/c1-4-10-7(9-3)11-5-6(12)8-2;/h4-5H2,1-3H3,(H,8,12)(H2,9,10,11);1H. The Hall–Kier alpha value is -0.530. The molecule has 5 nitrogen and oxygen atoms in total. The van der Waals surface area contributed by atoms with Crippen LogP contribution in [0, 0.1) is 0 Å². The molecule has 0 atom stereocenters. The number of carbonyl (C=O) groups excluding carboxylic acids is 1. The molecule has 1 amide bonds. The van der Waals surface area contributed by atoms with Crippen molar-refractivity contribution < 1.29 is 4.79 Å². The van der Waals surface area contributed by atoms with E-state index in [1.54, 1.807) is 14.1 Å². The van der Waals surface area contributed by atoms with Crippen molar-refractivity contribution in [3.05, 3.63) is 0 Å². The van der Waals surface area contributed by atoms with Gasteiger partial charge in [0.1, 0.15) is 0 Å². The van der Waals surface area contributed by atoms with Gasteiger partial charge in [-0.15, -0.1) is 24.0 Å². The number of likely N-dealkylation sites (N-methyl/N-ethyl adjacent to an activating group) is 1. The van der Waals surface area contributed by atoms with E-state index in [1.807, 2.05) is 6.92 Å². The van der Waals surface area contributed by atoms with Gasteiger partial charge in [0, 0.05) is 20.6 Å². The summed E-state index contributed by atoms with van der Waals surface area (Å²) in [6.07, 6.45) is 0. The molecule has 0 aliphatic carbocycles. The van der Waals surface area contributed by atoms with Gasteiger partial charge in [-0.3, -0.25) is 9.79 Å². The smallest absolute Gasteiger partial charge is 0.239 e. The second-order valence-corrected chi connectivity index (χ2v) is 2.13. The van der Waals surface area contributed by atoms with Gasteiger partial charge in [0.2, 0.25) is 5.91 Å². The lowest BCUT2D eigenvalue weighted by atomic mass is 10.6. The number of hydrogen-bond donors (Lipinski definition) is 3. The predicted octanol–water partition coefficient (Wildman–Crippen LogP) is -0.465. The molecule has 78 valence electrons. The highest BCUT2D eigenvalue weighted by atomic mass is 127. The van der Waals surface area contributed by atoms with Crippen LogP contribution in [0.3, 0.4) is 0 Å². The molecule has 0 rings (SSSR count). The van der Waals surface area contributed by atoms with Crippen LogP contribution in [0.15, 0.2) is 4.99 Å². The molecule has 3 N–H and O–H groups in total. The van der Waals surface area contributed by atoms with Crippen LogP contribution in [0.5, 0.6) is 0 Å². The molecule has 0 bridgehead atoms. The van der Waals surface area contributed by atoms with Crippen molar-refractivity contribution in [1.82, 2.24) is 16.0 Å². The molecule has 0 aromatic carbocycles. The van der Waals surface area contributed by atoms with E-state index in [0.717, 1.165) is 6.54 Å². The summed E-state index contributed by atoms with van der Waals surface area (Å²) >= 11 is 0. The van der Waals surface area contributed by atoms with Crippen LogP contribution >= 0.6 is 24.0 Å². The molecule has 0 unspecified atom stereocenters. The largest absolute Gasteiger partial charge is 0.358 e. The van der Waals surface area contributed by atoms with Crippen molar-refractivity contribution in [3.63, 3.8) is 0 Å². The molecule has 0 radical (unpaired) electrons. The first-order valence-corrected chi connectivity index (χ1v) is 3.89. The second kappa shape index (κ2) is 9.56. The molecule has 0 saturated heterocycles. The molecule has 0 aromatic heterocycles. The first-order chi connectivity index (χ1) is 5.74. The fraction of sp³-hybridized carbons (Fsp3) is 0.714. The Bertz CT molecular complexity index is 172. The average Bonchev–Trinajstić information content (AvgIpc) is 2.11. The molecule has 0 saturated carbocycles. The van der Waals surface area contributed by atoms with E-state index in [4.69, 9.17) is 0 Å². The summed E-state index contributed by atoms with van der Waals surface area (Å²) in [4.78, 5) is 14.7. The van der Waals surface area contributed by atoms with Crippen LogP contribution in [-0.2, 0) is 4.79 Å². The Morgan fingerprint density at radius 2 is 2.00 bits per heavy atom. The summed E-state index contributed by atoms with van der Waals surface area (Å²) in [6.45, 7) is 3.00. The lowest BCUT2D eigenvalue weighted by Crippen LogP contribution is -2.42. The molecule has 0 fully saturated rings. The highest BCUT2D eigenvalue weighted by molar-refractivity contribution is 14.0. The normalized spacial score (nSPS) is 9.92. The van der Waals surface area contributed by atoms with E-state index < -0.39 is 0 Å². The van der Waals surface area contributed by atoms with Crippen LogP contribution in [0.4, 0.5) is 0 Å². The monoisotopic (exact) mass is 300 g/mol. The van der Waals surface area contributed by atoms with Gasteiger partial charge in [-0.05, 0) is 6.92 Å². The molecule has 0 aromatic rings. The Kier molecular flexibility index (Phi) is 11.0. The summed E-state index contributed by atoms with van der Waals surface area (Å²) in [6, 6.07) is 0. The zero-order chi connectivity index (χ0) is 9.40.